The van der Waals surface area contributed by atoms with E-state index >= 15 is 0 Å². The maximum absolute atomic E-state index is 3.52. The highest BCUT2D eigenvalue weighted by Crippen LogP contribution is 2.51. The molecule has 1 radical (unpaired) electrons. The molecular formula is C21H16Br. The molecular weight excluding hydrogens is 332 g/mol. The predicted molar refractivity (Wildman–Crippen MR) is 96.0 cm³/mol. The zero-order valence-corrected chi connectivity index (χ0v) is 14.2. The molecule has 0 saturated carbocycles. The van der Waals surface area contributed by atoms with Crippen LogP contribution in [0.25, 0.3) is 22.3 Å². The molecule has 0 aromatic heterocycles. The van der Waals surface area contributed by atoms with Crippen molar-refractivity contribution in [1.29, 1.82) is 0 Å². The largest absolute Gasteiger partial charge is 0.0619 e. The van der Waals surface area contributed by atoms with Gasteiger partial charge in [0, 0.05) is 9.89 Å². The van der Waals surface area contributed by atoms with Gasteiger partial charge in [-0.05, 0) is 51.6 Å². The molecule has 1 aliphatic carbocycles. The number of hydrogen-bond donors (Lipinski definition) is 0. The summed E-state index contributed by atoms with van der Waals surface area (Å²) in [4.78, 5) is 0. The van der Waals surface area contributed by atoms with Crippen molar-refractivity contribution >= 4 is 15.9 Å². The Labute approximate surface area is 140 Å². The number of fused-ring (bicyclic) bond motifs is 3. The lowest BCUT2D eigenvalue weighted by Crippen LogP contribution is -2.16. The molecule has 1 heteroatoms. The summed E-state index contributed by atoms with van der Waals surface area (Å²) in [5.74, 6) is 0. The van der Waals surface area contributed by atoms with E-state index in [1.54, 1.807) is 0 Å². The van der Waals surface area contributed by atoms with Crippen molar-refractivity contribution in [3.8, 4) is 22.3 Å². The van der Waals surface area contributed by atoms with Gasteiger partial charge >= 0.3 is 0 Å². The van der Waals surface area contributed by atoms with E-state index in [2.05, 4.69) is 90.4 Å². The molecule has 0 nitrogen and oxygen atoms in total. The number of benzene rings is 3. The quantitative estimate of drug-likeness (QED) is 0.489. The molecule has 0 amide bonds. The Morgan fingerprint density at radius 3 is 2.36 bits per heavy atom. The Bertz CT molecular complexity index is 857. The van der Waals surface area contributed by atoms with E-state index in [9.17, 15) is 0 Å². The Hall–Kier alpha value is -1.86. The van der Waals surface area contributed by atoms with Crippen LogP contribution in [-0.2, 0) is 5.41 Å². The first-order valence-electron chi connectivity index (χ1n) is 7.50. The van der Waals surface area contributed by atoms with Gasteiger partial charge < -0.3 is 0 Å². The minimum Gasteiger partial charge on any atom is -0.0619 e. The van der Waals surface area contributed by atoms with Crippen molar-refractivity contribution in [3.63, 3.8) is 0 Å². The summed E-state index contributed by atoms with van der Waals surface area (Å²) in [6.07, 6.45) is 0. The molecule has 0 atom stereocenters. The molecule has 22 heavy (non-hydrogen) atoms. The molecule has 0 N–H and O–H groups in total. The van der Waals surface area contributed by atoms with Crippen LogP contribution in [0.15, 0.2) is 65.1 Å². The second-order valence-electron chi connectivity index (χ2n) is 6.32. The summed E-state index contributed by atoms with van der Waals surface area (Å²) in [6, 6.07) is 25.0. The Kier molecular flexibility index (Phi) is 3.02. The van der Waals surface area contributed by atoms with Gasteiger partial charge in [0.1, 0.15) is 0 Å². The third-order valence-electron chi connectivity index (χ3n) is 4.65. The fourth-order valence-electron chi connectivity index (χ4n) is 3.61. The van der Waals surface area contributed by atoms with Crippen LogP contribution in [0.5, 0.6) is 0 Å². The molecule has 107 valence electrons. The lowest BCUT2D eigenvalue weighted by Gasteiger charge is -2.24. The van der Waals surface area contributed by atoms with Crippen molar-refractivity contribution in [2.45, 2.75) is 19.3 Å². The van der Waals surface area contributed by atoms with Crippen LogP contribution >= 0.6 is 15.9 Å². The van der Waals surface area contributed by atoms with Crippen molar-refractivity contribution < 1.29 is 0 Å². The summed E-state index contributed by atoms with van der Waals surface area (Å²) >= 11 is 3.52. The molecule has 0 fully saturated rings. The topological polar surface area (TPSA) is 0 Å². The zero-order chi connectivity index (χ0) is 15.3. The van der Waals surface area contributed by atoms with Crippen molar-refractivity contribution in [2.75, 3.05) is 0 Å². The minimum absolute atomic E-state index is 0.00605. The third kappa shape index (κ3) is 1.89. The molecule has 0 spiro atoms. The van der Waals surface area contributed by atoms with Crippen LogP contribution in [0, 0.1) is 6.07 Å². The first-order valence-corrected chi connectivity index (χ1v) is 8.29. The lowest BCUT2D eigenvalue weighted by atomic mass is 9.79. The molecule has 0 aliphatic heterocycles. The molecule has 3 aromatic carbocycles. The normalized spacial score (nSPS) is 14.5. The summed E-state index contributed by atoms with van der Waals surface area (Å²) in [6.45, 7) is 4.63. The molecule has 0 unspecified atom stereocenters. The Balaban J connectivity index is 2.02. The fraction of sp³-hybridized carbons (Fsp3) is 0.143. The second-order valence-corrected chi connectivity index (χ2v) is 7.23. The number of rotatable bonds is 1. The maximum Gasteiger partial charge on any atom is 0.0175 e. The zero-order valence-electron chi connectivity index (χ0n) is 12.7. The van der Waals surface area contributed by atoms with Gasteiger partial charge in [-0.2, -0.15) is 0 Å². The van der Waals surface area contributed by atoms with Gasteiger partial charge in [0.05, 0.1) is 0 Å². The smallest absolute Gasteiger partial charge is 0.0175 e. The first kappa shape index (κ1) is 13.8. The summed E-state index contributed by atoms with van der Waals surface area (Å²) < 4.78 is 1.10. The van der Waals surface area contributed by atoms with E-state index < -0.39 is 0 Å². The van der Waals surface area contributed by atoms with Gasteiger partial charge in [0.2, 0.25) is 0 Å². The predicted octanol–water partition coefficient (Wildman–Crippen LogP) is 6.22. The monoisotopic (exact) mass is 347 g/mol. The van der Waals surface area contributed by atoms with Crippen LogP contribution < -0.4 is 0 Å². The van der Waals surface area contributed by atoms with Gasteiger partial charge in [0.15, 0.2) is 0 Å². The average Bonchev–Trinajstić information content (AvgIpc) is 2.77. The van der Waals surface area contributed by atoms with Crippen LogP contribution in [-0.4, -0.2) is 0 Å². The highest BCUT2D eigenvalue weighted by Gasteiger charge is 2.37. The van der Waals surface area contributed by atoms with E-state index in [-0.39, 0.29) is 5.41 Å². The molecule has 0 saturated heterocycles. The van der Waals surface area contributed by atoms with Gasteiger partial charge in [-0.25, -0.2) is 0 Å². The van der Waals surface area contributed by atoms with Crippen LogP contribution in [0.4, 0.5) is 0 Å². The minimum atomic E-state index is 0.00605. The van der Waals surface area contributed by atoms with E-state index in [1.807, 2.05) is 6.07 Å². The second kappa shape index (κ2) is 4.82. The first-order chi connectivity index (χ1) is 10.6. The standard InChI is InChI=1S/C21H16Br/c1-21(2)19-9-4-3-6-17(19)18-8-5-7-16(20(18)21)14-10-12-15(22)13-11-14/h3-6,8-13H,1-2H3. The lowest BCUT2D eigenvalue weighted by molar-refractivity contribution is 0.662. The third-order valence-corrected chi connectivity index (χ3v) is 5.17. The highest BCUT2D eigenvalue weighted by atomic mass is 79.9. The summed E-state index contributed by atoms with van der Waals surface area (Å²) in [5.41, 5.74) is 7.94. The number of halogens is 1. The van der Waals surface area contributed by atoms with Gasteiger partial charge in [-0.1, -0.05) is 78.3 Å². The molecule has 3 aromatic rings. The van der Waals surface area contributed by atoms with E-state index in [0.29, 0.717) is 0 Å². The summed E-state index contributed by atoms with van der Waals surface area (Å²) in [7, 11) is 0. The Morgan fingerprint density at radius 2 is 1.59 bits per heavy atom. The Morgan fingerprint density at radius 1 is 0.864 bits per heavy atom. The van der Waals surface area contributed by atoms with Gasteiger partial charge in [-0.3, -0.25) is 0 Å². The van der Waals surface area contributed by atoms with Crippen molar-refractivity contribution in [1.82, 2.24) is 0 Å². The van der Waals surface area contributed by atoms with E-state index in [1.165, 1.54) is 33.4 Å². The van der Waals surface area contributed by atoms with Crippen LogP contribution in [0.2, 0.25) is 0 Å². The number of hydrogen-bond acceptors (Lipinski definition) is 0. The van der Waals surface area contributed by atoms with E-state index in [4.69, 9.17) is 0 Å². The SMILES string of the molecule is CC1(C)c2ccccc2-c2cc[c]c(-c3ccc(Br)cc3)c21. The van der Waals surface area contributed by atoms with Crippen molar-refractivity contribution in [2.24, 2.45) is 0 Å². The van der Waals surface area contributed by atoms with Gasteiger partial charge in [0.25, 0.3) is 0 Å². The average molecular weight is 348 g/mol. The maximum atomic E-state index is 3.52. The fourth-order valence-corrected chi connectivity index (χ4v) is 3.88. The van der Waals surface area contributed by atoms with Crippen LogP contribution in [0.3, 0.4) is 0 Å². The molecule has 1 aliphatic rings. The molecule has 0 heterocycles. The van der Waals surface area contributed by atoms with Crippen molar-refractivity contribution in [3.05, 3.63) is 82.3 Å². The molecule has 4 rings (SSSR count). The van der Waals surface area contributed by atoms with Crippen LogP contribution in [0.1, 0.15) is 25.0 Å². The summed E-state index contributed by atoms with van der Waals surface area (Å²) in [5, 5.41) is 0. The highest BCUT2D eigenvalue weighted by molar-refractivity contribution is 9.10. The van der Waals surface area contributed by atoms with E-state index in [0.717, 1.165) is 4.47 Å². The molecule has 0 bridgehead atoms. The van der Waals surface area contributed by atoms with Gasteiger partial charge in [-0.15, -0.1) is 0 Å².